The summed E-state index contributed by atoms with van der Waals surface area (Å²) < 4.78 is 56.2. The highest BCUT2D eigenvalue weighted by Crippen LogP contribution is 2.57. The fourth-order valence-corrected chi connectivity index (χ4v) is 1.84. The number of hydrogen-bond donors (Lipinski definition) is 0. The Morgan fingerprint density at radius 2 is 1.94 bits per heavy atom. The first-order chi connectivity index (χ1) is 8.25. The zero-order valence-electron chi connectivity index (χ0n) is 9.57. The molecule has 0 unspecified atom stereocenters. The monoisotopic (exact) mass is 282 g/mol. The van der Waals surface area contributed by atoms with Crippen LogP contribution < -0.4 is 4.74 Å². The van der Waals surface area contributed by atoms with Gasteiger partial charge in [0.1, 0.15) is 23.6 Å². The normalized spacial score (nSPS) is 17.7. The topological polar surface area (TPSA) is 9.23 Å². The lowest BCUT2D eigenvalue weighted by atomic mass is 10.1. The molecule has 100 valence electrons. The molecule has 1 aliphatic rings. The third-order valence-corrected chi connectivity index (χ3v) is 3.63. The Kier molecular flexibility index (Phi) is 3.21. The van der Waals surface area contributed by atoms with Gasteiger partial charge in [0.2, 0.25) is 0 Å². The van der Waals surface area contributed by atoms with Gasteiger partial charge in [-0.05, 0) is 31.4 Å². The molecule has 0 spiro atoms. The first-order valence-corrected chi connectivity index (χ1v) is 5.78. The molecule has 0 aliphatic heterocycles. The molecule has 0 saturated heterocycles. The lowest BCUT2D eigenvalue weighted by molar-refractivity contribution is -0.194. The highest BCUT2D eigenvalue weighted by molar-refractivity contribution is 6.32. The number of hydrogen-bond acceptors (Lipinski definition) is 1. The van der Waals surface area contributed by atoms with Gasteiger partial charge in [-0.15, -0.1) is 0 Å². The van der Waals surface area contributed by atoms with Crippen LogP contribution in [0.15, 0.2) is 12.1 Å². The molecule has 1 aromatic carbocycles. The van der Waals surface area contributed by atoms with E-state index >= 15 is 0 Å². The van der Waals surface area contributed by atoms with Crippen molar-refractivity contribution in [3.63, 3.8) is 0 Å². The first kappa shape index (κ1) is 13.5. The lowest BCUT2D eigenvalue weighted by Crippen LogP contribution is -2.30. The Morgan fingerprint density at radius 1 is 1.33 bits per heavy atom. The van der Waals surface area contributed by atoms with E-state index in [4.69, 9.17) is 16.3 Å². The van der Waals surface area contributed by atoms with Crippen LogP contribution in [0.3, 0.4) is 0 Å². The van der Waals surface area contributed by atoms with Gasteiger partial charge in [0, 0.05) is 6.07 Å². The molecular formula is C12H11ClF4O. The maximum atomic E-state index is 13.1. The molecule has 0 radical (unpaired) electrons. The molecule has 0 heterocycles. The fraction of sp³-hybridized carbons (Fsp3) is 0.500. The van der Waals surface area contributed by atoms with Crippen molar-refractivity contribution in [1.82, 2.24) is 0 Å². The van der Waals surface area contributed by atoms with E-state index in [1.807, 2.05) is 0 Å². The van der Waals surface area contributed by atoms with Crippen molar-refractivity contribution in [1.29, 1.82) is 0 Å². The van der Waals surface area contributed by atoms with E-state index in [2.05, 4.69) is 0 Å². The van der Waals surface area contributed by atoms with Gasteiger partial charge < -0.3 is 4.74 Å². The lowest BCUT2D eigenvalue weighted by Gasteiger charge is -2.20. The smallest absolute Gasteiger partial charge is 0.397 e. The number of aryl methyl sites for hydroxylation is 1. The largest absolute Gasteiger partial charge is 0.491 e. The van der Waals surface area contributed by atoms with Crippen LogP contribution >= 0.6 is 11.6 Å². The third kappa shape index (κ3) is 2.41. The quantitative estimate of drug-likeness (QED) is 0.741. The predicted octanol–water partition coefficient (Wildman–Crippen LogP) is 4.51. The van der Waals surface area contributed by atoms with Crippen LogP contribution in [0, 0.1) is 18.2 Å². The summed E-state index contributed by atoms with van der Waals surface area (Å²) >= 11 is 5.86. The Balaban J connectivity index is 2.12. The van der Waals surface area contributed by atoms with Crippen LogP contribution in [-0.2, 0) is 0 Å². The number of benzene rings is 1. The van der Waals surface area contributed by atoms with Gasteiger partial charge in [-0.3, -0.25) is 0 Å². The summed E-state index contributed by atoms with van der Waals surface area (Å²) in [5.74, 6) is -0.617. The molecule has 6 heteroatoms. The summed E-state index contributed by atoms with van der Waals surface area (Å²) in [5, 5.41) is 0.148. The number of alkyl halides is 3. The number of rotatable bonds is 3. The van der Waals surface area contributed by atoms with Gasteiger partial charge in [0.05, 0.1) is 5.02 Å². The van der Waals surface area contributed by atoms with Crippen molar-refractivity contribution in [3.8, 4) is 5.75 Å². The summed E-state index contributed by atoms with van der Waals surface area (Å²) in [6.45, 7) is 1.05. The van der Waals surface area contributed by atoms with Crippen LogP contribution in [0.25, 0.3) is 0 Å². The SMILES string of the molecule is Cc1cc(F)cc(OCC2(C(F)(F)F)CC2)c1Cl. The van der Waals surface area contributed by atoms with Crippen LogP contribution in [-0.4, -0.2) is 12.8 Å². The van der Waals surface area contributed by atoms with Crippen LogP contribution in [0.5, 0.6) is 5.75 Å². The van der Waals surface area contributed by atoms with Crippen LogP contribution in [0.4, 0.5) is 17.6 Å². The standard InChI is InChI=1S/C12H11ClF4O/c1-7-4-8(14)5-9(10(7)13)18-6-11(2-3-11)12(15,16)17/h4-5H,2-3,6H2,1H3. The molecule has 0 bridgehead atoms. The second kappa shape index (κ2) is 4.30. The minimum Gasteiger partial charge on any atom is -0.491 e. The summed E-state index contributed by atoms with van der Waals surface area (Å²) in [7, 11) is 0. The van der Waals surface area contributed by atoms with E-state index in [9.17, 15) is 17.6 Å². The zero-order valence-corrected chi connectivity index (χ0v) is 10.3. The maximum absolute atomic E-state index is 13.1. The van der Waals surface area contributed by atoms with Crippen molar-refractivity contribution in [2.75, 3.05) is 6.61 Å². The summed E-state index contributed by atoms with van der Waals surface area (Å²) in [6.07, 6.45) is -4.20. The van der Waals surface area contributed by atoms with Crippen molar-refractivity contribution >= 4 is 11.6 Å². The molecule has 0 N–H and O–H groups in total. The molecule has 18 heavy (non-hydrogen) atoms. The molecule has 1 nitrogen and oxygen atoms in total. The molecule has 1 fully saturated rings. The minimum absolute atomic E-state index is 0.0373. The van der Waals surface area contributed by atoms with E-state index in [1.54, 1.807) is 6.92 Å². The summed E-state index contributed by atoms with van der Waals surface area (Å²) in [4.78, 5) is 0. The molecule has 1 aliphatic carbocycles. The van der Waals surface area contributed by atoms with Crippen molar-refractivity contribution < 1.29 is 22.3 Å². The van der Waals surface area contributed by atoms with Crippen molar-refractivity contribution in [2.45, 2.75) is 25.9 Å². The van der Waals surface area contributed by atoms with Crippen LogP contribution in [0.1, 0.15) is 18.4 Å². The van der Waals surface area contributed by atoms with E-state index in [0.29, 0.717) is 5.56 Å². The first-order valence-electron chi connectivity index (χ1n) is 5.40. The van der Waals surface area contributed by atoms with Crippen LogP contribution in [0.2, 0.25) is 5.02 Å². The Hall–Kier alpha value is -0.970. The minimum atomic E-state index is -4.29. The average Bonchev–Trinajstić information content (AvgIpc) is 3.01. The highest BCUT2D eigenvalue weighted by atomic mass is 35.5. The average molecular weight is 283 g/mol. The van der Waals surface area contributed by atoms with Gasteiger partial charge in [-0.2, -0.15) is 13.2 Å². The molecule has 0 atom stereocenters. The van der Waals surface area contributed by atoms with Crippen molar-refractivity contribution in [3.05, 3.63) is 28.5 Å². The van der Waals surface area contributed by atoms with E-state index in [-0.39, 0.29) is 23.6 Å². The summed E-state index contributed by atoms with van der Waals surface area (Å²) in [6, 6.07) is 2.20. The molecule has 0 amide bonds. The summed E-state index contributed by atoms with van der Waals surface area (Å²) in [5.41, 5.74) is -1.35. The third-order valence-electron chi connectivity index (χ3n) is 3.14. The van der Waals surface area contributed by atoms with Crippen molar-refractivity contribution in [2.24, 2.45) is 5.41 Å². The van der Waals surface area contributed by atoms with E-state index in [1.165, 1.54) is 6.07 Å². The molecule has 1 saturated carbocycles. The Morgan fingerprint density at radius 3 is 2.44 bits per heavy atom. The van der Waals surface area contributed by atoms with E-state index in [0.717, 1.165) is 6.07 Å². The predicted molar refractivity (Wildman–Crippen MR) is 59.4 cm³/mol. The van der Waals surface area contributed by atoms with E-state index < -0.39 is 24.0 Å². The highest BCUT2D eigenvalue weighted by Gasteiger charge is 2.63. The zero-order chi connectivity index (χ0) is 13.6. The molecular weight excluding hydrogens is 272 g/mol. The number of ether oxygens (including phenoxy) is 1. The Bertz CT molecular complexity index is 466. The molecule has 0 aromatic heterocycles. The van der Waals surface area contributed by atoms with Gasteiger partial charge in [0.25, 0.3) is 0 Å². The van der Waals surface area contributed by atoms with Gasteiger partial charge in [0.15, 0.2) is 0 Å². The van der Waals surface area contributed by atoms with Gasteiger partial charge >= 0.3 is 6.18 Å². The second-order valence-electron chi connectivity index (χ2n) is 4.60. The molecule has 2 rings (SSSR count). The maximum Gasteiger partial charge on any atom is 0.397 e. The second-order valence-corrected chi connectivity index (χ2v) is 4.98. The Labute approximate surface area is 107 Å². The van der Waals surface area contributed by atoms with Gasteiger partial charge in [-0.25, -0.2) is 4.39 Å². The molecule has 1 aromatic rings. The van der Waals surface area contributed by atoms with Gasteiger partial charge in [-0.1, -0.05) is 11.6 Å². The fourth-order valence-electron chi connectivity index (χ4n) is 1.68. The number of halogens is 5.